The van der Waals surface area contributed by atoms with Gasteiger partial charge in [-0.05, 0) is 43.4 Å². The third-order valence-electron chi connectivity index (χ3n) is 4.80. The zero-order valence-electron chi connectivity index (χ0n) is 12.2. The molecule has 0 spiro atoms. The van der Waals surface area contributed by atoms with Gasteiger partial charge in [0.1, 0.15) is 5.69 Å². The molecule has 5 nitrogen and oxygen atoms in total. The molecule has 2 aliphatic rings. The molecule has 1 aromatic carbocycles. The molecule has 2 aromatic rings. The summed E-state index contributed by atoms with van der Waals surface area (Å²) in [7, 11) is 0. The summed E-state index contributed by atoms with van der Waals surface area (Å²) in [5.41, 5.74) is 8.01. The molecule has 2 heterocycles. The lowest BCUT2D eigenvalue weighted by atomic mass is 9.83. The fourth-order valence-corrected chi connectivity index (χ4v) is 3.79. The van der Waals surface area contributed by atoms with Crippen LogP contribution >= 0.6 is 11.6 Å². The second-order valence-electron chi connectivity index (χ2n) is 6.29. The molecule has 3 unspecified atom stereocenters. The van der Waals surface area contributed by atoms with E-state index in [-0.39, 0.29) is 11.9 Å². The minimum atomic E-state index is -0.0327. The summed E-state index contributed by atoms with van der Waals surface area (Å²) in [6, 6.07) is 8.29. The van der Waals surface area contributed by atoms with E-state index >= 15 is 0 Å². The van der Waals surface area contributed by atoms with Crippen molar-refractivity contribution >= 4 is 28.4 Å². The maximum atomic E-state index is 12.5. The molecule has 0 bridgehead atoms. The molecule has 4 rings (SSSR count). The normalized spacial score (nSPS) is 27.8. The number of rotatable bonds is 2. The first-order valence-electron chi connectivity index (χ1n) is 7.76. The number of carbonyl (C=O) groups excluding carboxylic acids is 1. The first-order valence-corrected chi connectivity index (χ1v) is 8.14. The molecule has 6 heteroatoms. The highest BCUT2D eigenvalue weighted by Crippen LogP contribution is 2.27. The molecular formula is C16H19ClN4O. The van der Waals surface area contributed by atoms with Crippen LogP contribution in [0.3, 0.4) is 0 Å². The average molecular weight is 319 g/mol. The Hall–Kier alpha value is -1.56. The lowest BCUT2D eigenvalue weighted by molar-refractivity contribution is 0.0914. The van der Waals surface area contributed by atoms with Gasteiger partial charge in [-0.15, -0.1) is 0 Å². The second-order valence-corrected chi connectivity index (χ2v) is 6.73. The van der Waals surface area contributed by atoms with Gasteiger partial charge in [-0.2, -0.15) is 0 Å². The predicted octanol–water partition coefficient (Wildman–Crippen LogP) is 2.20. The fraction of sp³-hybridized carbons (Fsp3) is 0.438. The number of hydrazine groups is 1. The number of fused-ring (bicyclic) bond motifs is 2. The van der Waals surface area contributed by atoms with Crippen LogP contribution < -0.4 is 16.2 Å². The first-order chi connectivity index (χ1) is 10.7. The van der Waals surface area contributed by atoms with Crippen LogP contribution in [0.5, 0.6) is 0 Å². The Kier molecular flexibility index (Phi) is 3.56. The number of carbonyl (C=O) groups is 1. The summed E-state index contributed by atoms with van der Waals surface area (Å²) in [5.74, 6) is 0.579. The van der Waals surface area contributed by atoms with E-state index in [4.69, 9.17) is 11.6 Å². The van der Waals surface area contributed by atoms with Crippen molar-refractivity contribution in [1.82, 2.24) is 21.2 Å². The molecule has 3 atom stereocenters. The van der Waals surface area contributed by atoms with Gasteiger partial charge in [-0.1, -0.05) is 17.7 Å². The minimum absolute atomic E-state index is 0.0327. The van der Waals surface area contributed by atoms with Crippen molar-refractivity contribution in [1.29, 1.82) is 0 Å². The van der Waals surface area contributed by atoms with Crippen molar-refractivity contribution in [3.05, 3.63) is 35.0 Å². The highest BCUT2D eigenvalue weighted by molar-refractivity contribution is 6.31. The lowest BCUT2D eigenvalue weighted by Gasteiger charge is -2.31. The zero-order valence-corrected chi connectivity index (χ0v) is 12.9. The van der Waals surface area contributed by atoms with Crippen LogP contribution in [0.15, 0.2) is 24.3 Å². The standard InChI is InChI=1S/C16H19ClN4O/c17-11-2-1-9-6-15(20-14(9)7-11)16(22)19-12-3-4-13-10(5-12)8-18-21-13/h1-2,6-7,10,12-13,18,20-21H,3-5,8H2,(H,19,22). The van der Waals surface area contributed by atoms with E-state index in [0.29, 0.717) is 22.7 Å². The van der Waals surface area contributed by atoms with Crippen LogP contribution in [-0.2, 0) is 0 Å². The number of benzene rings is 1. The SMILES string of the molecule is O=C(NC1CCC2NNCC2C1)c1cc2ccc(Cl)cc2[nH]1. The topological polar surface area (TPSA) is 69.0 Å². The van der Waals surface area contributed by atoms with Gasteiger partial charge in [0, 0.05) is 34.6 Å². The van der Waals surface area contributed by atoms with Crippen molar-refractivity contribution < 1.29 is 4.79 Å². The van der Waals surface area contributed by atoms with E-state index in [9.17, 15) is 4.79 Å². The van der Waals surface area contributed by atoms with Crippen LogP contribution in [0.4, 0.5) is 0 Å². The lowest BCUT2D eigenvalue weighted by Crippen LogP contribution is -2.44. The molecule has 1 aromatic heterocycles. The number of aromatic nitrogens is 1. The quantitative estimate of drug-likeness (QED) is 0.686. The Balaban J connectivity index is 1.46. The van der Waals surface area contributed by atoms with Crippen LogP contribution in [0.25, 0.3) is 10.9 Å². The van der Waals surface area contributed by atoms with E-state index in [2.05, 4.69) is 21.2 Å². The number of halogens is 1. The van der Waals surface area contributed by atoms with Crippen LogP contribution in [0.2, 0.25) is 5.02 Å². The molecule has 4 N–H and O–H groups in total. The molecule has 1 aliphatic heterocycles. The highest BCUT2D eigenvalue weighted by Gasteiger charge is 2.34. The molecule has 1 amide bonds. The molecule has 0 radical (unpaired) electrons. The summed E-state index contributed by atoms with van der Waals surface area (Å²) in [6.07, 6.45) is 3.15. The maximum Gasteiger partial charge on any atom is 0.267 e. The Morgan fingerprint density at radius 3 is 3.09 bits per heavy atom. The smallest absolute Gasteiger partial charge is 0.267 e. The number of nitrogens with one attached hydrogen (secondary N) is 4. The number of hydrogen-bond donors (Lipinski definition) is 4. The monoisotopic (exact) mass is 318 g/mol. The van der Waals surface area contributed by atoms with E-state index < -0.39 is 0 Å². The number of amides is 1. The third kappa shape index (κ3) is 2.60. The molecule has 116 valence electrons. The molecule has 22 heavy (non-hydrogen) atoms. The fourth-order valence-electron chi connectivity index (χ4n) is 3.62. The zero-order chi connectivity index (χ0) is 15.1. The van der Waals surface area contributed by atoms with Gasteiger partial charge in [0.2, 0.25) is 0 Å². The number of hydrogen-bond acceptors (Lipinski definition) is 3. The summed E-state index contributed by atoms with van der Waals surface area (Å²) in [4.78, 5) is 15.6. The van der Waals surface area contributed by atoms with E-state index in [1.165, 1.54) is 0 Å². The van der Waals surface area contributed by atoms with E-state index in [1.54, 1.807) is 0 Å². The summed E-state index contributed by atoms with van der Waals surface area (Å²) >= 11 is 5.98. The van der Waals surface area contributed by atoms with Crippen molar-refractivity contribution in [3.8, 4) is 0 Å². The van der Waals surface area contributed by atoms with Crippen molar-refractivity contribution in [2.45, 2.75) is 31.3 Å². The van der Waals surface area contributed by atoms with Crippen molar-refractivity contribution in [2.24, 2.45) is 5.92 Å². The first kappa shape index (κ1) is 14.1. The van der Waals surface area contributed by atoms with Crippen LogP contribution in [-0.4, -0.2) is 29.5 Å². The molecular weight excluding hydrogens is 300 g/mol. The Morgan fingerprint density at radius 1 is 1.27 bits per heavy atom. The summed E-state index contributed by atoms with van der Waals surface area (Å²) in [6.45, 7) is 0.988. The van der Waals surface area contributed by atoms with Gasteiger partial charge in [0.05, 0.1) is 0 Å². The number of H-pyrrole nitrogens is 1. The number of aromatic amines is 1. The van der Waals surface area contributed by atoms with Crippen molar-refractivity contribution in [3.63, 3.8) is 0 Å². The van der Waals surface area contributed by atoms with Gasteiger partial charge < -0.3 is 10.3 Å². The van der Waals surface area contributed by atoms with Crippen molar-refractivity contribution in [2.75, 3.05) is 6.54 Å². The largest absolute Gasteiger partial charge is 0.350 e. The molecule has 2 fully saturated rings. The minimum Gasteiger partial charge on any atom is -0.350 e. The highest BCUT2D eigenvalue weighted by atomic mass is 35.5. The molecule has 1 saturated carbocycles. The summed E-state index contributed by atoms with van der Waals surface area (Å²) < 4.78 is 0. The van der Waals surface area contributed by atoms with Gasteiger partial charge in [0.25, 0.3) is 5.91 Å². The average Bonchev–Trinajstić information content (AvgIpc) is 3.12. The Labute approximate surface area is 133 Å². The Morgan fingerprint density at radius 2 is 2.18 bits per heavy atom. The predicted molar refractivity (Wildman–Crippen MR) is 86.8 cm³/mol. The van der Waals surface area contributed by atoms with E-state index in [0.717, 1.165) is 36.7 Å². The van der Waals surface area contributed by atoms with Gasteiger partial charge in [-0.3, -0.25) is 15.6 Å². The maximum absolute atomic E-state index is 12.5. The third-order valence-corrected chi connectivity index (χ3v) is 5.03. The second kappa shape index (κ2) is 5.57. The van der Waals surface area contributed by atoms with Gasteiger partial charge in [0.15, 0.2) is 0 Å². The van der Waals surface area contributed by atoms with Crippen LogP contribution in [0, 0.1) is 5.92 Å². The van der Waals surface area contributed by atoms with Crippen LogP contribution in [0.1, 0.15) is 29.8 Å². The van der Waals surface area contributed by atoms with Gasteiger partial charge in [-0.25, -0.2) is 0 Å². The summed E-state index contributed by atoms with van der Waals surface area (Å²) in [5, 5.41) is 4.83. The molecule has 1 saturated heterocycles. The Bertz CT molecular complexity index is 713. The van der Waals surface area contributed by atoms with Gasteiger partial charge >= 0.3 is 0 Å². The molecule has 1 aliphatic carbocycles. The van der Waals surface area contributed by atoms with E-state index in [1.807, 2.05) is 24.3 Å².